The Kier molecular flexibility index (Phi) is 3.17. The molecule has 0 aromatic carbocycles. The van der Waals surface area contributed by atoms with E-state index in [9.17, 15) is 26.3 Å². The third-order valence-electron chi connectivity index (χ3n) is 1.93. The van der Waals surface area contributed by atoms with Crippen LogP contribution in [-0.4, -0.2) is 22.1 Å². The highest BCUT2D eigenvalue weighted by Gasteiger charge is 2.82. The number of alkyl halides is 8. The summed E-state index contributed by atoms with van der Waals surface area (Å²) >= 11 is 18.7. The molecule has 0 aromatic heterocycles. The standard InChI is InChI=1S/C6Cl4F6/c7-1-2(8)4(13,14)6(15,16)5(9,10)3(1,11)12. The van der Waals surface area contributed by atoms with Crippen LogP contribution in [0.2, 0.25) is 0 Å². The zero-order chi connectivity index (χ0) is 13.2. The first-order chi connectivity index (χ1) is 6.82. The number of hydrogen-bond donors (Lipinski definition) is 0. The molecule has 0 aromatic rings. The van der Waals surface area contributed by atoms with Crippen molar-refractivity contribution in [3.05, 3.63) is 10.1 Å². The highest BCUT2D eigenvalue weighted by Crippen LogP contribution is 2.65. The molecule has 0 nitrogen and oxygen atoms in total. The Morgan fingerprint density at radius 2 is 1.00 bits per heavy atom. The third kappa shape index (κ3) is 1.39. The summed E-state index contributed by atoms with van der Waals surface area (Å²) in [6, 6.07) is 0. The Labute approximate surface area is 105 Å². The van der Waals surface area contributed by atoms with Crippen molar-refractivity contribution in [2.24, 2.45) is 0 Å². The Morgan fingerprint density at radius 3 is 1.38 bits per heavy atom. The van der Waals surface area contributed by atoms with Crippen molar-refractivity contribution in [1.29, 1.82) is 0 Å². The van der Waals surface area contributed by atoms with Crippen LogP contribution in [0.25, 0.3) is 0 Å². The molecule has 0 amide bonds. The minimum absolute atomic E-state index is 2.00. The van der Waals surface area contributed by atoms with Crippen LogP contribution in [0.15, 0.2) is 10.1 Å². The minimum Gasteiger partial charge on any atom is -0.197 e. The zero-order valence-corrected chi connectivity index (χ0v) is 9.80. The maximum Gasteiger partial charge on any atom is 0.354 e. The molecule has 0 saturated carbocycles. The quantitative estimate of drug-likeness (QED) is 0.444. The van der Waals surface area contributed by atoms with E-state index in [2.05, 4.69) is 34.8 Å². The summed E-state index contributed by atoms with van der Waals surface area (Å²) in [5.41, 5.74) is 0. The summed E-state index contributed by atoms with van der Waals surface area (Å²) in [5, 5.41) is -4.18. The van der Waals surface area contributed by atoms with Gasteiger partial charge in [-0.05, 0) is 0 Å². The fourth-order valence-electron chi connectivity index (χ4n) is 0.946. The molecule has 1 aliphatic carbocycles. The van der Waals surface area contributed by atoms with Gasteiger partial charge in [-0.15, -0.1) is 0 Å². The van der Waals surface area contributed by atoms with E-state index in [0.717, 1.165) is 0 Å². The average molecular weight is 328 g/mol. The molecule has 0 spiro atoms. The molecule has 1 rings (SSSR count). The maximum atomic E-state index is 13.1. The van der Waals surface area contributed by atoms with Crippen LogP contribution in [0, 0.1) is 0 Å². The number of rotatable bonds is 0. The molecule has 0 radical (unpaired) electrons. The Bertz CT molecular complexity index is 326. The summed E-state index contributed by atoms with van der Waals surface area (Å²) in [7, 11) is 0. The molecule has 0 N–H and O–H groups in total. The summed E-state index contributed by atoms with van der Waals surface area (Å²) in [4.78, 5) is 0. The van der Waals surface area contributed by atoms with Crippen LogP contribution < -0.4 is 0 Å². The van der Waals surface area contributed by atoms with Gasteiger partial charge in [-0.1, -0.05) is 46.4 Å². The highest BCUT2D eigenvalue weighted by molar-refractivity contribution is 6.52. The van der Waals surface area contributed by atoms with Gasteiger partial charge >= 0.3 is 17.8 Å². The van der Waals surface area contributed by atoms with E-state index in [0.29, 0.717) is 0 Å². The lowest BCUT2D eigenvalue weighted by molar-refractivity contribution is -0.228. The first-order valence-corrected chi connectivity index (χ1v) is 4.90. The fourth-order valence-corrected chi connectivity index (χ4v) is 1.97. The van der Waals surface area contributed by atoms with Crippen LogP contribution in [0.5, 0.6) is 0 Å². The molecule has 0 heterocycles. The molecule has 0 bridgehead atoms. The molecule has 1 aliphatic rings. The molecule has 16 heavy (non-hydrogen) atoms. The van der Waals surface area contributed by atoms with Gasteiger partial charge in [-0.2, -0.15) is 26.3 Å². The van der Waals surface area contributed by atoms with Gasteiger partial charge in [0.05, 0.1) is 0 Å². The first-order valence-electron chi connectivity index (χ1n) is 3.39. The van der Waals surface area contributed by atoms with Crippen molar-refractivity contribution in [1.82, 2.24) is 0 Å². The summed E-state index contributed by atoms with van der Waals surface area (Å²) < 4.78 is 73.7. The lowest BCUT2D eigenvalue weighted by Gasteiger charge is -2.43. The van der Waals surface area contributed by atoms with Crippen molar-refractivity contribution in [3.63, 3.8) is 0 Å². The second-order valence-corrected chi connectivity index (χ2v) is 5.01. The maximum absolute atomic E-state index is 13.1. The predicted molar refractivity (Wildman–Crippen MR) is 48.0 cm³/mol. The van der Waals surface area contributed by atoms with Gasteiger partial charge in [0.1, 0.15) is 10.1 Å². The lowest BCUT2D eigenvalue weighted by Crippen LogP contribution is -2.64. The van der Waals surface area contributed by atoms with E-state index >= 15 is 0 Å². The molecule has 0 fully saturated rings. The van der Waals surface area contributed by atoms with E-state index in [1.165, 1.54) is 0 Å². The van der Waals surface area contributed by atoms with Crippen LogP contribution in [0.3, 0.4) is 0 Å². The first kappa shape index (κ1) is 14.5. The van der Waals surface area contributed by atoms with Gasteiger partial charge in [-0.25, -0.2) is 0 Å². The van der Waals surface area contributed by atoms with E-state index in [1.807, 2.05) is 0 Å². The van der Waals surface area contributed by atoms with Gasteiger partial charge in [0.15, 0.2) is 0 Å². The molecular formula is C6Cl4F6. The fraction of sp³-hybridized carbons (Fsp3) is 0.667. The van der Waals surface area contributed by atoms with E-state index in [4.69, 9.17) is 11.6 Å². The van der Waals surface area contributed by atoms with Crippen molar-refractivity contribution in [2.75, 3.05) is 0 Å². The Morgan fingerprint density at radius 1 is 0.688 bits per heavy atom. The molecule has 0 atom stereocenters. The van der Waals surface area contributed by atoms with Gasteiger partial charge in [0, 0.05) is 0 Å². The molecular weight excluding hydrogens is 328 g/mol. The number of halogens is 10. The molecule has 0 unspecified atom stereocenters. The minimum atomic E-state index is -5.47. The monoisotopic (exact) mass is 326 g/mol. The van der Waals surface area contributed by atoms with E-state index < -0.39 is 32.2 Å². The van der Waals surface area contributed by atoms with E-state index in [1.54, 1.807) is 0 Å². The normalized spacial score (nSPS) is 30.4. The predicted octanol–water partition coefficient (Wildman–Crippen LogP) is 4.77. The van der Waals surface area contributed by atoms with Gasteiger partial charge < -0.3 is 0 Å². The smallest absolute Gasteiger partial charge is 0.197 e. The third-order valence-corrected chi connectivity index (χ3v) is 3.83. The summed E-state index contributed by atoms with van der Waals surface area (Å²) in [6.45, 7) is 0. The second kappa shape index (κ2) is 3.49. The number of hydrogen-bond acceptors (Lipinski definition) is 0. The van der Waals surface area contributed by atoms with Crippen molar-refractivity contribution in [2.45, 2.75) is 22.1 Å². The zero-order valence-electron chi connectivity index (χ0n) is 6.78. The second-order valence-electron chi connectivity index (χ2n) is 2.93. The van der Waals surface area contributed by atoms with E-state index in [-0.39, 0.29) is 0 Å². The molecule has 10 heteroatoms. The summed E-state index contributed by atoms with van der Waals surface area (Å²) in [5.74, 6) is -15.4. The molecule has 94 valence electrons. The Balaban J connectivity index is 3.64. The van der Waals surface area contributed by atoms with Crippen LogP contribution >= 0.6 is 46.4 Å². The summed E-state index contributed by atoms with van der Waals surface area (Å²) in [6.07, 6.45) is 0. The van der Waals surface area contributed by atoms with Crippen molar-refractivity contribution in [3.8, 4) is 0 Å². The number of allylic oxidation sites excluding steroid dienone is 2. The highest BCUT2D eigenvalue weighted by atomic mass is 35.5. The lowest BCUT2D eigenvalue weighted by atomic mass is 9.94. The van der Waals surface area contributed by atoms with Gasteiger partial charge in [0.2, 0.25) is 0 Å². The van der Waals surface area contributed by atoms with Crippen molar-refractivity contribution < 1.29 is 26.3 Å². The average Bonchev–Trinajstić information content (AvgIpc) is 2.12. The van der Waals surface area contributed by atoms with Crippen LogP contribution in [-0.2, 0) is 0 Å². The molecule has 0 saturated heterocycles. The van der Waals surface area contributed by atoms with Crippen LogP contribution in [0.4, 0.5) is 26.3 Å². The van der Waals surface area contributed by atoms with Crippen molar-refractivity contribution >= 4 is 46.4 Å². The SMILES string of the molecule is FC1(F)C(Cl)=C(Cl)C(F)(F)C(Cl)(Cl)C1(F)F. The molecule has 0 aliphatic heterocycles. The van der Waals surface area contributed by atoms with Gasteiger partial charge in [0.25, 0.3) is 4.33 Å². The Hall–Kier alpha value is 0.480. The van der Waals surface area contributed by atoms with Gasteiger partial charge in [-0.3, -0.25) is 0 Å². The largest absolute Gasteiger partial charge is 0.354 e. The van der Waals surface area contributed by atoms with Crippen LogP contribution in [0.1, 0.15) is 0 Å². The topological polar surface area (TPSA) is 0 Å².